The summed E-state index contributed by atoms with van der Waals surface area (Å²) in [6, 6.07) is 0. The van der Waals surface area contributed by atoms with Crippen LogP contribution in [-0.2, 0) is 9.53 Å². The van der Waals surface area contributed by atoms with Crippen LogP contribution in [0.5, 0.6) is 0 Å². The van der Waals surface area contributed by atoms with Gasteiger partial charge in [-0.1, -0.05) is 63.3 Å². The average molecular weight is 355 g/mol. The van der Waals surface area contributed by atoms with Crippen LogP contribution in [0.25, 0.3) is 0 Å². The van der Waals surface area contributed by atoms with Crippen LogP contribution < -0.4 is 0 Å². The minimum Gasteiger partial charge on any atom is -0.463 e. The number of aliphatic hydroxyl groups excluding tert-OH is 2. The molecule has 2 N–H and O–H groups in total. The van der Waals surface area contributed by atoms with Gasteiger partial charge >= 0.3 is 5.97 Å². The Kier molecular flexibility index (Phi) is 18.3. The lowest BCUT2D eigenvalue weighted by Crippen LogP contribution is -2.21. The molecule has 0 fully saturated rings. The van der Waals surface area contributed by atoms with Crippen LogP contribution in [0.3, 0.4) is 0 Å². The van der Waals surface area contributed by atoms with Crippen molar-refractivity contribution in [2.75, 3.05) is 13.2 Å². The van der Waals surface area contributed by atoms with Crippen LogP contribution in [0.4, 0.5) is 0 Å². The number of unbranched alkanes of at least 4 members (excludes halogenated alkanes) is 8. The van der Waals surface area contributed by atoms with E-state index in [-0.39, 0.29) is 19.2 Å². The smallest absolute Gasteiger partial charge is 0.305 e. The monoisotopic (exact) mass is 354 g/mol. The molecule has 1 atom stereocenters. The largest absolute Gasteiger partial charge is 0.463 e. The number of carbonyl (C=O) groups excluding carboxylic acids is 1. The van der Waals surface area contributed by atoms with E-state index in [2.05, 4.69) is 31.2 Å². The lowest BCUT2D eigenvalue weighted by atomic mass is 10.1. The number of esters is 1. The third-order valence-electron chi connectivity index (χ3n) is 3.98. The van der Waals surface area contributed by atoms with E-state index in [0.29, 0.717) is 6.42 Å². The molecule has 0 bridgehead atoms. The van der Waals surface area contributed by atoms with Crippen LogP contribution >= 0.6 is 0 Å². The number of hydrogen-bond donors (Lipinski definition) is 2. The van der Waals surface area contributed by atoms with Crippen LogP contribution in [0, 0.1) is 0 Å². The minimum absolute atomic E-state index is 0.115. The Balaban J connectivity index is 3.30. The van der Waals surface area contributed by atoms with Crippen molar-refractivity contribution in [2.24, 2.45) is 0 Å². The summed E-state index contributed by atoms with van der Waals surface area (Å²) in [5.74, 6) is -0.293. The van der Waals surface area contributed by atoms with E-state index in [1.54, 1.807) is 0 Å². The topological polar surface area (TPSA) is 66.8 Å². The Morgan fingerprint density at radius 2 is 1.52 bits per heavy atom. The highest BCUT2D eigenvalue weighted by molar-refractivity contribution is 5.69. The molecule has 4 heteroatoms. The molecule has 0 aromatic carbocycles. The fourth-order valence-electron chi connectivity index (χ4n) is 2.39. The van der Waals surface area contributed by atoms with Gasteiger partial charge in [0.1, 0.15) is 12.7 Å². The predicted octanol–water partition coefficient (Wildman–Crippen LogP) is 4.70. The molecule has 25 heavy (non-hydrogen) atoms. The highest BCUT2D eigenvalue weighted by Gasteiger charge is 2.07. The molecule has 0 amide bonds. The van der Waals surface area contributed by atoms with Crippen molar-refractivity contribution in [2.45, 2.75) is 90.1 Å². The summed E-state index contributed by atoms with van der Waals surface area (Å²) >= 11 is 0. The minimum atomic E-state index is -0.964. The van der Waals surface area contributed by atoms with Crippen molar-refractivity contribution in [3.8, 4) is 0 Å². The second kappa shape index (κ2) is 19.2. The van der Waals surface area contributed by atoms with Crippen molar-refractivity contribution < 1.29 is 19.7 Å². The van der Waals surface area contributed by atoms with Gasteiger partial charge in [-0.05, 0) is 38.5 Å². The molecular formula is C21H38O4. The zero-order valence-electron chi connectivity index (χ0n) is 16.0. The quantitative estimate of drug-likeness (QED) is 0.226. The lowest BCUT2D eigenvalue weighted by molar-refractivity contribution is -0.147. The van der Waals surface area contributed by atoms with E-state index in [1.165, 1.54) is 38.5 Å². The second-order valence-corrected chi connectivity index (χ2v) is 6.50. The molecule has 0 saturated heterocycles. The molecule has 0 aliphatic rings. The summed E-state index contributed by atoms with van der Waals surface area (Å²) in [5.41, 5.74) is 0. The molecule has 0 aromatic rings. The van der Waals surface area contributed by atoms with Crippen LogP contribution in [0.1, 0.15) is 84.0 Å². The molecule has 146 valence electrons. The van der Waals surface area contributed by atoms with Gasteiger partial charge in [0.25, 0.3) is 0 Å². The summed E-state index contributed by atoms with van der Waals surface area (Å²) in [5, 5.41) is 17.7. The number of carbonyl (C=O) groups is 1. The maximum Gasteiger partial charge on any atom is 0.305 e. The van der Waals surface area contributed by atoms with Crippen LogP contribution in [-0.4, -0.2) is 35.5 Å². The van der Waals surface area contributed by atoms with Crippen molar-refractivity contribution in [1.82, 2.24) is 0 Å². The third kappa shape index (κ3) is 19.0. The molecule has 0 unspecified atom stereocenters. The Morgan fingerprint density at radius 1 is 0.920 bits per heavy atom. The lowest BCUT2D eigenvalue weighted by Gasteiger charge is -2.08. The van der Waals surface area contributed by atoms with Crippen molar-refractivity contribution in [1.29, 1.82) is 0 Å². The molecule has 0 radical (unpaired) electrons. The zero-order valence-corrected chi connectivity index (χ0v) is 16.0. The SMILES string of the molecule is CCCCC/C=C\C/C=C\CCCCCCCC(=O)OC[C@H](O)CO. The number of allylic oxidation sites excluding steroid dienone is 4. The number of ether oxygens (including phenoxy) is 1. The van der Waals surface area contributed by atoms with Gasteiger partial charge in [-0.2, -0.15) is 0 Å². The zero-order chi connectivity index (χ0) is 18.6. The van der Waals surface area contributed by atoms with Crippen molar-refractivity contribution in [3.63, 3.8) is 0 Å². The average Bonchev–Trinajstić information content (AvgIpc) is 2.62. The van der Waals surface area contributed by atoms with E-state index in [4.69, 9.17) is 14.9 Å². The van der Waals surface area contributed by atoms with Crippen molar-refractivity contribution >= 4 is 5.97 Å². The van der Waals surface area contributed by atoms with E-state index in [9.17, 15) is 4.79 Å². The molecule has 0 aliphatic carbocycles. The first-order valence-electron chi connectivity index (χ1n) is 9.95. The predicted molar refractivity (Wildman–Crippen MR) is 103 cm³/mol. The second-order valence-electron chi connectivity index (χ2n) is 6.50. The van der Waals surface area contributed by atoms with Gasteiger partial charge < -0.3 is 14.9 Å². The number of rotatable bonds is 17. The maximum absolute atomic E-state index is 11.4. The molecule has 0 heterocycles. The van der Waals surface area contributed by atoms with Gasteiger partial charge in [-0.3, -0.25) is 4.79 Å². The van der Waals surface area contributed by atoms with Crippen molar-refractivity contribution in [3.05, 3.63) is 24.3 Å². The molecular weight excluding hydrogens is 316 g/mol. The fraction of sp³-hybridized carbons (Fsp3) is 0.762. The van der Waals surface area contributed by atoms with Gasteiger partial charge in [0.05, 0.1) is 6.61 Å². The molecule has 0 spiro atoms. The first-order valence-corrected chi connectivity index (χ1v) is 9.95. The Labute approximate surface area is 154 Å². The Bertz CT molecular complexity index is 350. The fourth-order valence-corrected chi connectivity index (χ4v) is 2.39. The highest BCUT2D eigenvalue weighted by atomic mass is 16.5. The normalized spacial score (nSPS) is 12.9. The summed E-state index contributed by atoms with van der Waals surface area (Å²) in [4.78, 5) is 11.4. The molecule has 0 rings (SSSR count). The number of hydrogen-bond acceptors (Lipinski definition) is 4. The molecule has 0 aliphatic heterocycles. The Hall–Kier alpha value is -1.13. The highest BCUT2D eigenvalue weighted by Crippen LogP contribution is 2.08. The van der Waals surface area contributed by atoms with Gasteiger partial charge in [-0.15, -0.1) is 0 Å². The first kappa shape index (κ1) is 23.9. The summed E-state index contributed by atoms with van der Waals surface area (Å²) in [7, 11) is 0. The van der Waals surface area contributed by atoms with Crippen LogP contribution in [0.15, 0.2) is 24.3 Å². The standard InChI is InChI=1S/C21H38O4/c1-2-3-4-5-6-7-8-9-10-11-12-13-14-15-16-17-21(24)25-19-20(23)18-22/h6-7,9-10,20,22-23H,2-5,8,11-19H2,1H3/b7-6-,10-9-/t20-/m1/s1. The molecule has 4 nitrogen and oxygen atoms in total. The Morgan fingerprint density at radius 3 is 2.16 bits per heavy atom. The molecule has 0 saturated carbocycles. The maximum atomic E-state index is 11.4. The number of aliphatic hydroxyl groups is 2. The third-order valence-corrected chi connectivity index (χ3v) is 3.98. The van der Waals surface area contributed by atoms with Gasteiger partial charge in [-0.25, -0.2) is 0 Å². The van der Waals surface area contributed by atoms with Gasteiger partial charge in [0.2, 0.25) is 0 Å². The summed E-state index contributed by atoms with van der Waals surface area (Å²) < 4.78 is 4.85. The van der Waals surface area contributed by atoms with Gasteiger partial charge in [0.15, 0.2) is 0 Å². The molecule has 0 aromatic heterocycles. The summed E-state index contributed by atoms with van der Waals surface area (Å²) in [6.07, 6.45) is 21.1. The van der Waals surface area contributed by atoms with E-state index in [0.717, 1.165) is 32.1 Å². The summed E-state index contributed by atoms with van der Waals surface area (Å²) in [6.45, 7) is 1.74. The van der Waals surface area contributed by atoms with Gasteiger partial charge in [0, 0.05) is 6.42 Å². The van der Waals surface area contributed by atoms with E-state index < -0.39 is 6.10 Å². The van der Waals surface area contributed by atoms with E-state index in [1.807, 2.05) is 0 Å². The first-order chi connectivity index (χ1) is 12.2. The van der Waals surface area contributed by atoms with Crippen LogP contribution in [0.2, 0.25) is 0 Å². The van der Waals surface area contributed by atoms with E-state index >= 15 is 0 Å².